The molecule has 0 heterocycles. The van der Waals surface area contributed by atoms with E-state index < -0.39 is 16.1 Å². The smallest absolute Gasteiger partial charge is 0.243 e. The van der Waals surface area contributed by atoms with Gasteiger partial charge in [-0.15, -0.1) is 12.4 Å². The van der Waals surface area contributed by atoms with Crippen molar-refractivity contribution in [2.75, 3.05) is 7.05 Å². The summed E-state index contributed by atoms with van der Waals surface area (Å²) in [6, 6.07) is 5.78. The van der Waals surface area contributed by atoms with Crippen molar-refractivity contribution >= 4 is 28.3 Å². The summed E-state index contributed by atoms with van der Waals surface area (Å²) in [5.74, 6) is -0.244. The minimum Gasteiger partial charge on any atom is -0.351 e. The molecule has 126 valence electrons. The minimum atomic E-state index is -3.47. The van der Waals surface area contributed by atoms with Gasteiger partial charge in [-0.1, -0.05) is 12.1 Å². The molecule has 0 bridgehead atoms. The Morgan fingerprint density at radius 2 is 1.73 bits per heavy atom. The van der Waals surface area contributed by atoms with E-state index >= 15 is 0 Å². The number of hydrogen-bond donors (Lipinski definition) is 2. The average Bonchev–Trinajstić information content (AvgIpc) is 2.43. The molecule has 0 saturated carbocycles. The van der Waals surface area contributed by atoms with Crippen LogP contribution in [0.5, 0.6) is 0 Å². The van der Waals surface area contributed by atoms with Crippen molar-refractivity contribution in [1.29, 1.82) is 0 Å². The summed E-state index contributed by atoms with van der Waals surface area (Å²) < 4.78 is 25.9. The fraction of sp³-hybridized carbons (Fsp3) is 0.500. The number of carbonyl (C=O) groups is 1. The highest BCUT2D eigenvalue weighted by Gasteiger charge is 2.22. The molecule has 0 saturated heterocycles. The van der Waals surface area contributed by atoms with Gasteiger partial charge >= 0.3 is 0 Å². The van der Waals surface area contributed by atoms with Crippen LogP contribution in [0.3, 0.4) is 0 Å². The SMILES string of the molecule is CC(C)N(C)S(=O)(=O)c1ccc(CNC(=O)[C@H](C)N)cc1.Cl. The second kappa shape index (κ2) is 8.47. The van der Waals surface area contributed by atoms with E-state index in [0.29, 0.717) is 6.54 Å². The molecule has 1 aromatic rings. The predicted molar refractivity (Wildman–Crippen MR) is 89.3 cm³/mol. The molecule has 3 N–H and O–H groups in total. The molecule has 0 unspecified atom stereocenters. The summed E-state index contributed by atoms with van der Waals surface area (Å²) in [4.78, 5) is 11.6. The molecule has 22 heavy (non-hydrogen) atoms. The van der Waals surface area contributed by atoms with Crippen molar-refractivity contribution < 1.29 is 13.2 Å². The second-order valence-electron chi connectivity index (χ2n) is 5.27. The molecule has 6 nitrogen and oxygen atoms in total. The summed E-state index contributed by atoms with van der Waals surface area (Å²) in [7, 11) is -1.92. The summed E-state index contributed by atoms with van der Waals surface area (Å²) in [6.07, 6.45) is 0. The van der Waals surface area contributed by atoms with E-state index in [0.717, 1.165) is 5.56 Å². The van der Waals surface area contributed by atoms with Gasteiger partial charge in [0.1, 0.15) is 0 Å². The van der Waals surface area contributed by atoms with Crippen molar-refractivity contribution in [1.82, 2.24) is 9.62 Å². The van der Waals surface area contributed by atoms with Crippen LogP contribution in [0, 0.1) is 0 Å². The summed E-state index contributed by atoms with van der Waals surface area (Å²) >= 11 is 0. The molecule has 0 aromatic heterocycles. The molecule has 1 rings (SSSR count). The number of carbonyl (C=O) groups excluding carboxylic acids is 1. The Bertz CT molecular complexity index is 586. The third-order valence-electron chi connectivity index (χ3n) is 3.21. The van der Waals surface area contributed by atoms with Gasteiger partial charge in [0.15, 0.2) is 0 Å². The highest BCUT2D eigenvalue weighted by molar-refractivity contribution is 7.89. The average molecular weight is 350 g/mol. The van der Waals surface area contributed by atoms with E-state index in [4.69, 9.17) is 5.73 Å². The van der Waals surface area contributed by atoms with Crippen molar-refractivity contribution in [3.8, 4) is 0 Å². The van der Waals surface area contributed by atoms with E-state index in [2.05, 4.69) is 5.32 Å². The van der Waals surface area contributed by atoms with Gasteiger partial charge in [-0.05, 0) is 38.5 Å². The maximum absolute atomic E-state index is 12.3. The van der Waals surface area contributed by atoms with Crippen LogP contribution >= 0.6 is 12.4 Å². The van der Waals surface area contributed by atoms with Gasteiger partial charge in [-0.25, -0.2) is 8.42 Å². The number of nitrogens with zero attached hydrogens (tertiary/aromatic N) is 1. The second-order valence-corrected chi connectivity index (χ2v) is 7.26. The quantitative estimate of drug-likeness (QED) is 0.804. The molecule has 1 aromatic carbocycles. The first-order chi connectivity index (χ1) is 9.66. The molecule has 0 aliphatic rings. The zero-order valence-electron chi connectivity index (χ0n) is 13.2. The summed E-state index contributed by atoms with van der Waals surface area (Å²) in [6.45, 7) is 5.55. The largest absolute Gasteiger partial charge is 0.351 e. The van der Waals surface area contributed by atoms with Crippen LogP contribution in [0.1, 0.15) is 26.3 Å². The number of hydrogen-bond acceptors (Lipinski definition) is 4. The number of amides is 1. The first kappa shape index (κ1) is 20.9. The number of nitrogens with one attached hydrogen (secondary N) is 1. The third kappa shape index (κ3) is 5.24. The van der Waals surface area contributed by atoms with Crippen LogP contribution in [-0.2, 0) is 21.4 Å². The first-order valence-electron chi connectivity index (χ1n) is 6.76. The van der Waals surface area contributed by atoms with Crippen molar-refractivity contribution in [2.24, 2.45) is 5.73 Å². The van der Waals surface area contributed by atoms with Gasteiger partial charge in [0.05, 0.1) is 10.9 Å². The van der Waals surface area contributed by atoms with Gasteiger partial charge in [-0.2, -0.15) is 4.31 Å². The molecule has 0 radical (unpaired) electrons. The standard InChI is InChI=1S/C14H23N3O3S.ClH/c1-10(2)17(4)21(19,20)13-7-5-12(6-8-13)9-16-14(18)11(3)15;/h5-8,10-11H,9,15H2,1-4H3,(H,16,18);1H/t11-;/m0./s1. The maximum atomic E-state index is 12.3. The van der Waals surface area contributed by atoms with E-state index in [-0.39, 0.29) is 29.3 Å². The van der Waals surface area contributed by atoms with Gasteiger partial charge in [0.2, 0.25) is 15.9 Å². The normalized spacial score (nSPS) is 12.9. The maximum Gasteiger partial charge on any atom is 0.243 e. The zero-order valence-corrected chi connectivity index (χ0v) is 14.9. The molecule has 0 aliphatic carbocycles. The lowest BCUT2D eigenvalue weighted by Crippen LogP contribution is -2.37. The Labute approximate surface area is 138 Å². The topological polar surface area (TPSA) is 92.5 Å². The van der Waals surface area contributed by atoms with Crippen LogP contribution in [0.15, 0.2) is 29.2 Å². The number of rotatable bonds is 6. The van der Waals surface area contributed by atoms with Gasteiger partial charge in [-0.3, -0.25) is 4.79 Å². The van der Waals surface area contributed by atoms with Crippen molar-refractivity contribution in [3.05, 3.63) is 29.8 Å². The van der Waals surface area contributed by atoms with Crippen molar-refractivity contribution in [3.63, 3.8) is 0 Å². The Balaban J connectivity index is 0.00000441. The van der Waals surface area contributed by atoms with Crippen molar-refractivity contribution in [2.45, 2.75) is 44.3 Å². The van der Waals surface area contributed by atoms with E-state index in [1.54, 1.807) is 38.2 Å². The number of halogens is 1. The van der Waals surface area contributed by atoms with Crippen LogP contribution < -0.4 is 11.1 Å². The Morgan fingerprint density at radius 3 is 2.14 bits per heavy atom. The third-order valence-corrected chi connectivity index (χ3v) is 5.26. The van der Waals surface area contributed by atoms with E-state index in [1.165, 1.54) is 4.31 Å². The Morgan fingerprint density at radius 1 is 1.23 bits per heavy atom. The zero-order chi connectivity index (χ0) is 16.2. The minimum absolute atomic E-state index is 0. The summed E-state index contributed by atoms with van der Waals surface area (Å²) in [5, 5.41) is 2.67. The van der Waals surface area contributed by atoms with Crippen LogP contribution in [0.4, 0.5) is 0 Å². The molecular weight excluding hydrogens is 326 g/mol. The lowest BCUT2D eigenvalue weighted by Gasteiger charge is -2.21. The van der Waals surface area contributed by atoms with E-state index in [9.17, 15) is 13.2 Å². The predicted octanol–water partition coefficient (Wildman–Crippen LogP) is 1.10. The Hall–Kier alpha value is -1.15. The lowest BCUT2D eigenvalue weighted by atomic mass is 10.2. The van der Waals surface area contributed by atoms with Gasteiger partial charge in [0.25, 0.3) is 0 Å². The van der Waals surface area contributed by atoms with Gasteiger partial charge < -0.3 is 11.1 Å². The molecule has 8 heteroatoms. The molecule has 0 spiro atoms. The molecule has 1 amide bonds. The lowest BCUT2D eigenvalue weighted by molar-refractivity contribution is -0.122. The highest BCUT2D eigenvalue weighted by Crippen LogP contribution is 2.17. The number of benzene rings is 1. The monoisotopic (exact) mass is 349 g/mol. The molecular formula is C14H24ClN3O3S. The van der Waals surface area contributed by atoms with E-state index in [1.807, 2.05) is 13.8 Å². The van der Waals surface area contributed by atoms with Crippen LogP contribution in [0.25, 0.3) is 0 Å². The number of sulfonamides is 1. The fourth-order valence-electron chi connectivity index (χ4n) is 1.57. The highest BCUT2D eigenvalue weighted by atomic mass is 35.5. The fourth-order valence-corrected chi connectivity index (χ4v) is 2.94. The van der Waals surface area contributed by atoms with Crippen LogP contribution in [-0.4, -0.2) is 37.8 Å². The van der Waals surface area contributed by atoms with Gasteiger partial charge in [0, 0.05) is 19.6 Å². The Kier molecular flexibility index (Phi) is 8.03. The molecule has 0 aliphatic heterocycles. The summed E-state index contributed by atoms with van der Waals surface area (Å²) in [5.41, 5.74) is 6.26. The molecule has 0 fully saturated rings. The first-order valence-corrected chi connectivity index (χ1v) is 8.20. The molecule has 1 atom stereocenters. The number of nitrogens with two attached hydrogens (primary N) is 1. The van der Waals surface area contributed by atoms with Crippen LogP contribution in [0.2, 0.25) is 0 Å².